The van der Waals surface area contributed by atoms with E-state index in [2.05, 4.69) is 52.5 Å². The van der Waals surface area contributed by atoms with Gasteiger partial charge in [0.15, 0.2) is 0 Å². The maximum absolute atomic E-state index is 5.87. The van der Waals surface area contributed by atoms with E-state index in [0.29, 0.717) is 11.8 Å². The maximum atomic E-state index is 5.87. The lowest BCUT2D eigenvalue weighted by atomic mass is 9.95. The minimum absolute atomic E-state index is 0.376. The Bertz CT molecular complexity index is 393. The van der Waals surface area contributed by atoms with Gasteiger partial charge in [-0.05, 0) is 47.9 Å². The SMILES string of the molecule is C=CC(C)c1cc(CC(C)C)cc(OCCCC)c1. The van der Waals surface area contributed by atoms with Crippen molar-refractivity contribution in [3.63, 3.8) is 0 Å². The average molecular weight is 260 g/mol. The number of ether oxygens (including phenoxy) is 1. The Morgan fingerprint density at radius 3 is 2.53 bits per heavy atom. The van der Waals surface area contributed by atoms with Crippen LogP contribution in [-0.4, -0.2) is 6.61 Å². The van der Waals surface area contributed by atoms with E-state index in [1.807, 2.05) is 6.08 Å². The molecule has 1 nitrogen and oxygen atoms in total. The molecule has 1 unspecified atom stereocenters. The second kappa shape index (κ2) is 8.04. The predicted molar refractivity (Wildman–Crippen MR) is 84.0 cm³/mol. The highest BCUT2D eigenvalue weighted by molar-refractivity contribution is 5.37. The number of hydrogen-bond acceptors (Lipinski definition) is 1. The minimum atomic E-state index is 0.376. The van der Waals surface area contributed by atoms with Crippen molar-refractivity contribution in [3.8, 4) is 5.75 Å². The second-order valence-corrected chi connectivity index (χ2v) is 5.73. The molecule has 0 aliphatic carbocycles. The molecule has 0 aliphatic rings. The lowest BCUT2D eigenvalue weighted by Crippen LogP contribution is -2.01. The third-order valence-electron chi connectivity index (χ3n) is 3.28. The number of allylic oxidation sites excluding steroid dienone is 1. The molecular weight excluding hydrogens is 232 g/mol. The highest BCUT2D eigenvalue weighted by atomic mass is 16.5. The lowest BCUT2D eigenvalue weighted by molar-refractivity contribution is 0.308. The van der Waals surface area contributed by atoms with Crippen molar-refractivity contribution in [1.82, 2.24) is 0 Å². The fourth-order valence-corrected chi connectivity index (χ4v) is 2.09. The molecule has 1 rings (SSSR count). The Kier molecular flexibility index (Phi) is 6.69. The summed E-state index contributed by atoms with van der Waals surface area (Å²) in [5, 5.41) is 0. The van der Waals surface area contributed by atoms with Gasteiger partial charge in [-0.3, -0.25) is 0 Å². The normalized spacial score (nSPS) is 12.5. The van der Waals surface area contributed by atoms with Gasteiger partial charge in [0.25, 0.3) is 0 Å². The van der Waals surface area contributed by atoms with Crippen molar-refractivity contribution < 1.29 is 4.74 Å². The summed E-state index contributed by atoms with van der Waals surface area (Å²) in [6, 6.07) is 6.64. The van der Waals surface area contributed by atoms with Crippen LogP contribution >= 0.6 is 0 Å². The van der Waals surface area contributed by atoms with E-state index in [0.717, 1.165) is 25.2 Å². The summed E-state index contributed by atoms with van der Waals surface area (Å²) in [6.07, 6.45) is 5.37. The van der Waals surface area contributed by atoms with Crippen LogP contribution < -0.4 is 4.74 Å². The molecule has 0 N–H and O–H groups in total. The van der Waals surface area contributed by atoms with Gasteiger partial charge in [0.05, 0.1) is 6.61 Å². The number of benzene rings is 1. The van der Waals surface area contributed by atoms with Crippen LogP contribution in [0.1, 0.15) is 57.6 Å². The van der Waals surface area contributed by atoms with E-state index in [1.54, 1.807) is 0 Å². The first kappa shape index (κ1) is 15.8. The van der Waals surface area contributed by atoms with Crippen LogP contribution in [0.5, 0.6) is 5.75 Å². The second-order valence-electron chi connectivity index (χ2n) is 5.73. The molecule has 0 saturated heterocycles. The highest BCUT2D eigenvalue weighted by Gasteiger charge is 2.08. The van der Waals surface area contributed by atoms with Gasteiger partial charge in [-0.15, -0.1) is 6.58 Å². The molecule has 0 fully saturated rings. The van der Waals surface area contributed by atoms with E-state index in [1.165, 1.54) is 17.5 Å². The molecule has 106 valence electrons. The summed E-state index contributed by atoms with van der Waals surface area (Å²) in [5.41, 5.74) is 2.67. The molecule has 1 heteroatoms. The largest absolute Gasteiger partial charge is 0.494 e. The van der Waals surface area contributed by atoms with Crippen LogP contribution in [0.15, 0.2) is 30.9 Å². The molecule has 0 amide bonds. The summed E-state index contributed by atoms with van der Waals surface area (Å²) in [4.78, 5) is 0. The highest BCUT2D eigenvalue weighted by Crippen LogP contribution is 2.25. The molecular formula is C18H28O. The molecule has 0 aromatic heterocycles. The Morgan fingerprint density at radius 1 is 1.21 bits per heavy atom. The zero-order valence-corrected chi connectivity index (χ0v) is 12.9. The van der Waals surface area contributed by atoms with Gasteiger partial charge in [0.2, 0.25) is 0 Å². The van der Waals surface area contributed by atoms with E-state index < -0.39 is 0 Å². The first-order chi connectivity index (χ1) is 9.06. The summed E-state index contributed by atoms with van der Waals surface area (Å²) in [5.74, 6) is 2.05. The van der Waals surface area contributed by atoms with Crippen LogP contribution in [0.2, 0.25) is 0 Å². The Hall–Kier alpha value is -1.24. The van der Waals surface area contributed by atoms with Crippen molar-refractivity contribution in [2.45, 2.75) is 52.9 Å². The molecule has 1 aromatic carbocycles. The predicted octanol–water partition coefficient (Wildman–Crippen LogP) is 5.35. The summed E-state index contributed by atoms with van der Waals surface area (Å²) in [6.45, 7) is 13.6. The third kappa shape index (κ3) is 5.50. The Labute approximate surface area is 118 Å². The first-order valence-electron chi connectivity index (χ1n) is 7.46. The van der Waals surface area contributed by atoms with E-state index in [-0.39, 0.29) is 0 Å². The fraction of sp³-hybridized carbons (Fsp3) is 0.556. The summed E-state index contributed by atoms with van der Waals surface area (Å²) in [7, 11) is 0. The monoisotopic (exact) mass is 260 g/mol. The Balaban J connectivity index is 2.91. The molecule has 0 bridgehead atoms. The van der Waals surface area contributed by atoms with Gasteiger partial charge in [0, 0.05) is 0 Å². The van der Waals surface area contributed by atoms with Crippen molar-refractivity contribution in [2.24, 2.45) is 5.92 Å². The quantitative estimate of drug-likeness (QED) is 0.452. The maximum Gasteiger partial charge on any atom is 0.119 e. The van der Waals surface area contributed by atoms with Gasteiger partial charge in [0.1, 0.15) is 5.75 Å². The zero-order chi connectivity index (χ0) is 14.3. The van der Waals surface area contributed by atoms with Gasteiger partial charge < -0.3 is 4.74 Å². The van der Waals surface area contributed by atoms with Crippen LogP contribution in [0, 0.1) is 5.92 Å². The molecule has 19 heavy (non-hydrogen) atoms. The summed E-state index contributed by atoms with van der Waals surface area (Å²) < 4.78 is 5.87. The van der Waals surface area contributed by atoms with Crippen molar-refractivity contribution in [2.75, 3.05) is 6.61 Å². The van der Waals surface area contributed by atoms with Crippen molar-refractivity contribution in [3.05, 3.63) is 42.0 Å². The van der Waals surface area contributed by atoms with Crippen LogP contribution in [0.3, 0.4) is 0 Å². The number of hydrogen-bond donors (Lipinski definition) is 0. The molecule has 0 saturated carbocycles. The van der Waals surface area contributed by atoms with Gasteiger partial charge in [-0.1, -0.05) is 46.3 Å². The van der Waals surface area contributed by atoms with Crippen LogP contribution in [-0.2, 0) is 6.42 Å². The van der Waals surface area contributed by atoms with Gasteiger partial charge >= 0.3 is 0 Å². The Morgan fingerprint density at radius 2 is 1.95 bits per heavy atom. The molecule has 1 aromatic rings. The topological polar surface area (TPSA) is 9.23 Å². The molecule has 0 radical (unpaired) electrons. The molecule has 0 heterocycles. The number of unbranched alkanes of at least 4 members (excludes halogenated alkanes) is 1. The van der Waals surface area contributed by atoms with Gasteiger partial charge in [-0.25, -0.2) is 0 Å². The van der Waals surface area contributed by atoms with Crippen molar-refractivity contribution in [1.29, 1.82) is 0 Å². The van der Waals surface area contributed by atoms with E-state index in [9.17, 15) is 0 Å². The van der Waals surface area contributed by atoms with E-state index in [4.69, 9.17) is 4.74 Å². The number of rotatable bonds is 8. The molecule has 1 atom stereocenters. The standard InChI is InChI=1S/C18H28O/c1-6-8-9-19-18-12-16(10-14(3)4)11-17(13-18)15(5)7-2/h7,11-15H,2,6,8-10H2,1,3-5H3. The fourth-order valence-electron chi connectivity index (χ4n) is 2.09. The van der Waals surface area contributed by atoms with Gasteiger partial charge in [-0.2, -0.15) is 0 Å². The third-order valence-corrected chi connectivity index (χ3v) is 3.28. The van der Waals surface area contributed by atoms with E-state index >= 15 is 0 Å². The summed E-state index contributed by atoms with van der Waals surface area (Å²) >= 11 is 0. The molecule has 0 spiro atoms. The first-order valence-corrected chi connectivity index (χ1v) is 7.46. The minimum Gasteiger partial charge on any atom is -0.494 e. The smallest absolute Gasteiger partial charge is 0.119 e. The van der Waals surface area contributed by atoms with Crippen molar-refractivity contribution >= 4 is 0 Å². The van der Waals surface area contributed by atoms with Crippen LogP contribution in [0.4, 0.5) is 0 Å². The zero-order valence-electron chi connectivity index (χ0n) is 12.9. The van der Waals surface area contributed by atoms with Crippen LogP contribution in [0.25, 0.3) is 0 Å². The lowest BCUT2D eigenvalue weighted by Gasteiger charge is -2.14. The molecule has 0 aliphatic heterocycles. The average Bonchev–Trinajstić information content (AvgIpc) is 2.37.